The third kappa shape index (κ3) is 5.26. The van der Waals surface area contributed by atoms with Gasteiger partial charge >= 0.3 is 12.0 Å². The highest BCUT2D eigenvalue weighted by Crippen LogP contribution is 2.43. The van der Waals surface area contributed by atoms with E-state index in [0.717, 1.165) is 38.9 Å². The molecule has 0 spiro atoms. The minimum absolute atomic E-state index is 0.0548. The quantitative estimate of drug-likeness (QED) is 0.599. The molecule has 1 atom stereocenters. The second kappa shape index (κ2) is 10.1. The zero-order chi connectivity index (χ0) is 26.4. The van der Waals surface area contributed by atoms with Crippen LogP contribution in [0.1, 0.15) is 60.3 Å². The van der Waals surface area contributed by atoms with Crippen molar-refractivity contribution >= 4 is 23.2 Å². The average Bonchev–Trinajstić information content (AvgIpc) is 3.26. The lowest BCUT2D eigenvalue weighted by Crippen LogP contribution is -2.48. The van der Waals surface area contributed by atoms with Gasteiger partial charge in [0.2, 0.25) is 0 Å². The second-order valence-electron chi connectivity index (χ2n) is 10.8. The van der Waals surface area contributed by atoms with Gasteiger partial charge in [0.05, 0.1) is 18.7 Å². The first kappa shape index (κ1) is 26.5. The summed E-state index contributed by atoms with van der Waals surface area (Å²) in [5, 5.41) is 10.3. The van der Waals surface area contributed by atoms with E-state index in [1.54, 1.807) is 4.90 Å². The van der Waals surface area contributed by atoms with Crippen molar-refractivity contribution < 1.29 is 24.0 Å². The number of hydrogen-bond donors (Lipinski definition) is 1. The monoisotopic (exact) mass is 512 g/mol. The predicted octanol–water partition coefficient (Wildman–Crippen LogP) is 4.72. The molecule has 8 heteroatoms. The smallest absolute Gasteiger partial charge is 0.337 e. The highest BCUT2D eigenvalue weighted by molar-refractivity contribution is 7.91. The Hall–Kier alpha value is -2.55. The minimum Gasteiger partial charge on any atom is -0.616 e. The molecule has 1 saturated heterocycles. The number of hydrogen-bond acceptors (Lipinski definition) is 4. The molecule has 2 aromatic carbocycles. The lowest BCUT2D eigenvalue weighted by Gasteiger charge is -2.31. The van der Waals surface area contributed by atoms with Crippen LogP contribution in [0.25, 0.3) is 11.1 Å². The molecule has 1 N–H and O–H groups in total. The van der Waals surface area contributed by atoms with Crippen LogP contribution in [0, 0.1) is 20.8 Å². The summed E-state index contributed by atoms with van der Waals surface area (Å²) in [4.78, 5) is 29.5. The first-order valence-electron chi connectivity index (χ1n) is 12.4. The molecule has 2 aliphatic heterocycles. The van der Waals surface area contributed by atoms with Crippen LogP contribution in [0.3, 0.4) is 0 Å². The van der Waals surface area contributed by atoms with Gasteiger partial charge in [-0.15, -0.1) is 0 Å². The number of aliphatic carboxylic acids is 1. The van der Waals surface area contributed by atoms with Crippen LogP contribution in [0.5, 0.6) is 0 Å². The maximum Gasteiger partial charge on any atom is 0.337 e. The maximum atomic E-state index is 13.3. The van der Waals surface area contributed by atoms with Crippen LogP contribution in [-0.2, 0) is 33.8 Å². The fourth-order valence-corrected chi connectivity index (χ4v) is 6.24. The molecule has 2 amide bonds. The molecule has 0 aliphatic carbocycles. The largest absolute Gasteiger partial charge is 0.616 e. The van der Waals surface area contributed by atoms with Gasteiger partial charge in [-0.2, -0.15) is 0 Å². The molecule has 2 aromatic rings. The number of carboxylic acids is 1. The third-order valence-electron chi connectivity index (χ3n) is 7.03. The number of fused-ring (bicyclic) bond motifs is 1. The fraction of sp³-hybridized carbons (Fsp3) is 0.500. The van der Waals surface area contributed by atoms with Gasteiger partial charge in [0.1, 0.15) is 11.5 Å². The Kier molecular flexibility index (Phi) is 7.42. The number of ether oxygens (including phenoxy) is 1. The summed E-state index contributed by atoms with van der Waals surface area (Å²) in [6, 6.07) is 8.04. The van der Waals surface area contributed by atoms with E-state index in [1.165, 1.54) is 0 Å². The number of aryl methyl sites for hydroxylation is 1. The molecule has 0 aromatic heterocycles. The zero-order valence-electron chi connectivity index (χ0n) is 22.0. The molecular formula is C28H36N2O5S. The Morgan fingerprint density at radius 3 is 2.06 bits per heavy atom. The van der Waals surface area contributed by atoms with E-state index < -0.39 is 28.9 Å². The number of carbonyl (C=O) groups excluding carboxylic acids is 1. The molecule has 0 bridgehead atoms. The topological polar surface area (TPSA) is 93.1 Å². The van der Waals surface area contributed by atoms with Crippen molar-refractivity contribution in [1.82, 2.24) is 9.80 Å². The van der Waals surface area contributed by atoms with Gasteiger partial charge in [-0.1, -0.05) is 41.0 Å². The van der Waals surface area contributed by atoms with Gasteiger partial charge in [0.15, 0.2) is 6.10 Å². The number of benzene rings is 2. The molecule has 2 heterocycles. The van der Waals surface area contributed by atoms with E-state index >= 15 is 0 Å². The lowest BCUT2D eigenvalue weighted by atomic mass is 9.83. The van der Waals surface area contributed by atoms with Gasteiger partial charge < -0.3 is 24.2 Å². The molecule has 1 fully saturated rings. The Labute approximate surface area is 216 Å². The Bertz CT molecular complexity index is 1160. The number of carboxylic acid groups (broad SMARTS) is 1. The standard InChI is InChI=1S/C28H36N2O5S/c1-17-7-9-20(10-8-17)23-18(2)21-15-30(27(33)29-11-13-36(34)14-12-29)16-22(21)19(3)24(23)25(26(31)32)35-28(4,5)6/h7-10,25H,11-16H2,1-6H3,(H,31,32)/t25-/m0/s1. The van der Waals surface area contributed by atoms with E-state index in [2.05, 4.69) is 0 Å². The summed E-state index contributed by atoms with van der Waals surface area (Å²) in [6.45, 7) is 13.4. The molecule has 36 heavy (non-hydrogen) atoms. The van der Waals surface area contributed by atoms with E-state index in [1.807, 2.05) is 70.7 Å². The van der Waals surface area contributed by atoms with Gasteiger partial charge in [-0.05, 0) is 74.9 Å². The summed E-state index contributed by atoms with van der Waals surface area (Å²) in [5.41, 5.74) is 6.82. The van der Waals surface area contributed by atoms with Crippen molar-refractivity contribution in [3.05, 3.63) is 57.6 Å². The molecular weight excluding hydrogens is 476 g/mol. The van der Waals surface area contributed by atoms with Crippen molar-refractivity contribution in [3.63, 3.8) is 0 Å². The molecule has 0 unspecified atom stereocenters. The van der Waals surface area contributed by atoms with Crippen molar-refractivity contribution in [2.45, 2.75) is 66.3 Å². The molecule has 7 nitrogen and oxygen atoms in total. The Morgan fingerprint density at radius 1 is 0.972 bits per heavy atom. The number of urea groups is 1. The SMILES string of the molecule is Cc1ccc(-c2c(C)c3c(c(C)c2[C@H](OC(C)(C)C)C(=O)O)CN(C(=O)N2CC[S+]([O-])CC2)C3)cc1. The Balaban J connectivity index is 1.82. The molecule has 4 rings (SSSR count). The van der Waals surface area contributed by atoms with Crippen molar-refractivity contribution in [1.29, 1.82) is 0 Å². The lowest BCUT2D eigenvalue weighted by molar-refractivity contribution is -0.160. The molecule has 0 radical (unpaired) electrons. The minimum atomic E-state index is -1.15. The summed E-state index contributed by atoms with van der Waals surface area (Å²) in [7, 11) is 0. The van der Waals surface area contributed by atoms with Crippen molar-refractivity contribution in [2.75, 3.05) is 24.6 Å². The number of rotatable bonds is 4. The van der Waals surface area contributed by atoms with Gasteiger partial charge in [-0.3, -0.25) is 0 Å². The van der Waals surface area contributed by atoms with Crippen LogP contribution in [0.15, 0.2) is 24.3 Å². The molecule has 0 saturated carbocycles. The summed E-state index contributed by atoms with van der Waals surface area (Å²) in [5.74, 6) is -0.0130. The van der Waals surface area contributed by atoms with Gasteiger partial charge in [0.25, 0.3) is 0 Å². The van der Waals surface area contributed by atoms with Crippen LogP contribution in [0.4, 0.5) is 4.79 Å². The summed E-state index contributed by atoms with van der Waals surface area (Å²) < 4.78 is 17.9. The van der Waals surface area contributed by atoms with Crippen LogP contribution in [0.2, 0.25) is 0 Å². The fourth-order valence-electron chi connectivity index (χ4n) is 5.19. The van der Waals surface area contributed by atoms with Crippen LogP contribution < -0.4 is 0 Å². The molecule has 2 aliphatic rings. The summed E-state index contributed by atoms with van der Waals surface area (Å²) in [6.07, 6.45) is -1.15. The summed E-state index contributed by atoms with van der Waals surface area (Å²) >= 11 is -0.856. The first-order chi connectivity index (χ1) is 16.9. The first-order valence-corrected chi connectivity index (χ1v) is 13.9. The average molecular weight is 513 g/mol. The van der Waals surface area contributed by atoms with Gasteiger partial charge in [0, 0.05) is 18.7 Å². The predicted molar refractivity (Wildman–Crippen MR) is 141 cm³/mol. The maximum absolute atomic E-state index is 13.3. The van der Waals surface area contributed by atoms with E-state index in [9.17, 15) is 19.2 Å². The van der Waals surface area contributed by atoms with Crippen molar-refractivity contribution in [2.24, 2.45) is 0 Å². The number of carbonyl (C=O) groups is 2. The van der Waals surface area contributed by atoms with Crippen LogP contribution >= 0.6 is 0 Å². The number of amides is 2. The van der Waals surface area contributed by atoms with E-state index in [0.29, 0.717) is 43.2 Å². The molecule has 194 valence electrons. The van der Waals surface area contributed by atoms with E-state index in [-0.39, 0.29) is 6.03 Å². The normalized spacial score (nSPS) is 17.3. The second-order valence-corrected chi connectivity index (χ2v) is 12.5. The van der Waals surface area contributed by atoms with Gasteiger partial charge in [-0.25, -0.2) is 9.59 Å². The van der Waals surface area contributed by atoms with Crippen molar-refractivity contribution in [3.8, 4) is 11.1 Å². The number of nitrogens with zero attached hydrogens (tertiary/aromatic N) is 2. The van der Waals surface area contributed by atoms with Crippen LogP contribution in [-0.4, -0.2) is 61.7 Å². The zero-order valence-corrected chi connectivity index (χ0v) is 22.8. The third-order valence-corrected chi connectivity index (χ3v) is 8.31. The highest BCUT2D eigenvalue weighted by atomic mass is 32.2. The Morgan fingerprint density at radius 2 is 1.53 bits per heavy atom. The highest BCUT2D eigenvalue weighted by Gasteiger charge is 2.37. The van der Waals surface area contributed by atoms with E-state index in [4.69, 9.17) is 4.74 Å².